The molecular formula is C16H21N3O3S. The largest absolute Gasteiger partial charge is 0.341 e. The predicted molar refractivity (Wildman–Crippen MR) is 87.0 cm³/mol. The summed E-state index contributed by atoms with van der Waals surface area (Å²) in [7, 11) is 0. The maximum atomic E-state index is 12.2. The van der Waals surface area contributed by atoms with E-state index in [1.807, 2.05) is 21.7 Å². The molecule has 0 atom stereocenters. The first-order chi connectivity index (χ1) is 11.1. The van der Waals surface area contributed by atoms with Crippen LogP contribution in [0.2, 0.25) is 0 Å². The molecule has 3 heterocycles. The highest BCUT2D eigenvalue weighted by atomic mass is 32.1. The summed E-state index contributed by atoms with van der Waals surface area (Å²) in [5.41, 5.74) is 0.985. The number of nitrogens with zero attached hydrogens (tertiary/aromatic N) is 3. The monoisotopic (exact) mass is 335 g/mol. The van der Waals surface area contributed by atoms with Crippen molar-refractivity contribution < 1.29 is 14.4 Å². The Morgan fingerprint density at radius 1 is 1.04 bits per heavy atom. The lowest BCUT2D eigenvalue weighted by Gasteiger charge is -2.34. The molecule has 0 aliphatic carbocycles. The quantitative estimate of drug-likeness (QED) is 0.809. The number of hydrogen-bond donors (Lipinski definition) is 0. The Morgan fingerprint density at radius 2 is 1.83 bits per heavy atom. The first-order valence-electron chi connectivity index (χ1n) is 7.98. The van der Waals surface area contributed by atoms with Gasteiger partial charge >= 0.3 is 0 Å². The summed E-state index contributed by atoms with van der Waals surface area (Å²) in [6, 6.07) is 1.93. The average molecular weight is 335 g/mol. The molecule has 1 aromatic rings. The molecule has 6 nitrogen and oxygen atoms in total. The van der Waals surface area contributed by atoms with Crippen LogP contribution in [0.25, 0.3) is 0 Å². The summed E-state index contributed by atoms with van der Waals surface area (Å²) in [6.45, 7) is 2.76. The standard InChI is InChI=1S/C16H21N3O3S/c20-14(9-13-3-8-23-12-13)18-6-7-19(16(22)11-18)10-15(21)17-4-1-2-5-17/h3,8,12H,1-2,4-7,9-11H2. The number of likely N-dealkylation sites (tertiary alicyclic amines) is 1. The Morgan fingerprint density at radius 3 is 2.48 bits per heavy atom. The van der Waals surface area contributed by atoms with Crippen molar-refractivity contribution in [2.24, 2.45) is 0 Å². The first-order valence-corrected chi connectivity index (χ1v) is 8.92. The van der Waals surface area contributed by atoms with Crippen molar-refractivity contribution in [2.45, 2.75) is 19.3 Å². The van der Waals surface area contributed by atoms with Crippen LogP contribution in [0.15, 0.2) is 16.8 Å². The SMILES string of the molecule is O=C(CN1CCN(C(=O)Cc2ccsc2)CC1=O)N1CCCC1. The Bertz CT molecular complexity index is 581. The molecule has 23 heavy (non-hydrogen) atoms. The second-order valence-corrected chi connectivity index (χ2v) is 6.81. The van der Waals surface area contributed by atoms with E-state index >= 15 is 0 Å². The number of thiophene rings is 1. The zero-order chi connectivity index (χ0) is 16.2. The lowest BCUT2D eigenvalue weighted by atomic mass is 10.2. The van der Waals surface area contributed by atoms with Gasteiger partial charge in [0.25, 0.3) is 0 Å². The Hall–Kier alpha value is -1.89. The molecule has 0 aromatic carbocycles. The van der Waals surface area contributed by atoms with Crippen molar-refractivity contribution in [2.75, 3.05) is 39.3 Å². The van der Waals surface area contributed by atoms with E-state index in [1.165, 1.54) is 0 Å². The van der Waals surface area contributed by atoms with Crippen LogP contribution in [0.4, 0.5) is 0 Å². The van der Waals surface area contributed by atoms with Crippen molar-refractivity contribution in [1.29, 1.82) is 0 Å². The molecular weight excluding hydrogens is 314 g/mol. The molecule has 124 valence electrons. The summed E-state index contributed by atoms with van der Waals surface area (Å²) in [5.74, 6) is -0.140. The highest BCUT2D eigenvalue weighted by molar-refractivity contribution is 7.08. The Labute approximate surface area is 139 Å². The van der Waals surface area contributed by atoms with E-state index in [0.29, 0.717) is 19.5 Å². The average Bonchev–Trinajstić information content (AvgIpc) is 3.22. The second-order valence-electron chi connectivity index (χ2n) is 6.03. The first kappa shape index (κ1) is 16.0. The van der Waals surface area contributed by atoms with Gasteiger partial charge in [-0.05, 0) is 35.2 Å². The number of amides is 3. The van der Waals surface area contributed by atoms with Gasteiger partial charge in [0.1, 0.15) is 0 Å². The zero-order valence-corrected chi connectivity index (χ0v) is 13.9. The van der Waals surface area contributed by atoms with E-state index in [-0.39, 0.29) is 30.8 Å². The second kappa shape index (κ2) is 7.12. The third-order valence-electron chi connectivity index (χ3n) is 4.39. The number of rotatable bonds is 4. The van der Waals surface area contributed by atoms with Crippen molar-refractivity contribution in [3.63, 3.8) is 0 Å². The molecule has 1 aromatic heterocycles. The van der Waals surface area contributed by atoms with Crippen LogP contribution in [-0.4, -0.2) is 71.7 Å². The predicted octanol–water partition coefficient (Wildman–Crippen LogP) is 0.584. The molecule has 2 aliphatic rings. The molecule has 2 fully saturated rings. The summed E-state index contributed by atoms with van der Waals surface area (Å²) in [6.07, 6.45) is 2.43. The van der Waals surface area contributed by atoms with Gasteiger partial charge in [0.15, 0.2) is 0 Å². The summed E-state index contributed by atoms with van der Waals surface area (Å²) < 4.78 is 0. The molecule has 0 bridgehead atoms. The maximum Gasteiger partial charge on any atom is 0.242 e. The molecule has 3 amide bonds. The Balaban J connectivity index is 1.49. The topological polar surface area (TPSA) is 60.9 Å². The normalized spacial score (nSPS) is 18.6. The minimum Gasteiger partial charge on any atom is -0.341 e. The highest BCUT2D eigenvalue weighted by Crippen LogP contribution is 2.12. The minimum atomic E-state index is -0.137. The molecule has 0 spiro atoms. The zero-order valence-electron chi connectivity index (χ0n) is 13.1. The number of carbonyl (C=O) groups is 3. The number of hydrogen-bond acceptors (Lipinski definition) is 4. The van der Waals surface area contributed by atoms with E-state index in [0.717, 1.165) is 31.5 Å². The summed E-state index contributed by atoms with van der Waals surface area (Å²) >= 11 is 1.56. The van der Waals surface area contributed by atoms with Gasteiger partial charge in [-0.15, -0.1) is 0 Å². The molecule has 3 rings (SSSR count). The molecule has 0 saturated carbocycles. The van der Waals surface area contributed by atoms with E-state index in [4.69, 9.17) is 0 Å². The lowest BCUT2D eigenvalue weighted by molar-refractivity contribution is -0.148. The fourth-order valence-electron chi connectivity index (χ4n) is 3.00. The molecule has 7 heteroatoms. The van der Waals surface area contributed by atoms with Gasteiger partial charge in [-0.2, -0.15) is 11.3 Å². The van der Waals surface area contributed by atoms with E-state index in [9.17, 15) is 14.4 Å². The van der Waals surface area contributed by atoms with E-state index in [2.05, 4.69) is 0 Å². The fourth-order valence-corrected chi connectivity index (χ4v) is 3.67. The molecule has 0 N–H and O–H groups in total. The lowest BCUT2D eigenvalue weighted by Crippen LogP contribution is -2.54. The van der Waals surface area contributed by atoms with Gasteiger partial charge in [-0.1, -0.05) is 0 Å². The van der Waals surface area contributed by atoms with Gasteiger partial charge in [0.05, 0.1) is 19.5 Å². The third kappa shape index (κ3) is 3.90. The summed E-state index contributed by atoms with van der Waals surface area (Å²) in [5, 5.41) is 3.89. The van der Waals surface area contributed by atoms with Gasteiger partial charge < -0.3 is 14.7 Å². The number of carbonyl (C=O) groups excluding carboxylic acids is 3. The van der Waals surface area contributed by atoms with Gasteiger partial charge in [0, 0.05) is 26.2 Å². The summed E-state index contributed by atoms with van der Waals surface area (Å²) in [4.78, 5) is 41.6. The molecule has 2 saturated heterocycles. The van der Waals surface area contributed by atoms with Crippen molar-refractivity contribution in [3.05, 3.63) is 22.4 Å². The van der Waals surface area contributed by atoms with Crippen LogP contribution in [0.5, 0.6) is 0 Å². The van der Waals surface area contributed by atoms with Crippen molar-refractivity contribution in [3.8, 4) is 0 Å². The molecule has 0 radical (unpaired) electrons. The van der Waals surface area contributed by atoms with E-state index in [1.54, 1.807) is 21.1 Å². The molecule has 2 aliphatic heterocycles. The number of piperazine rings is 1. The van der Waals surface area contributed by atoms with Gasteiger partial charge in [-0.25, -0.2) is 0 Å². The van der Waals surface area contributed by atoms with Crippen molar-refractivity contribution >= 4 is 29.1 Å². The van der Waals surface area contributed by atoms with Gasteiger partial charge in [-0.3, -0.25) is 14.4 Å². The highest BCUT2D eigenvalue weighted by Gasteiger charge is 2.29. The van der Waals surface area contributed by atoms with Gasteiger partial charge in [0.2, 0.25) is 17.7 Å². The third-order valence-corrected chi connectivity index (χ3v) is 5.12. The van der Waals surface area contributed by atoms with Crippen molar-refractivity contribution in [1.82, 2.24) is 14.7 Å². The molecule has 0 unspecified atom stereocenters. The van der Waals surface area contributed by atoms with Crippen LogP contribution in [0, 0.1) is 0 Å². The fraction of sp³-hybridized carbons (Fsp3) is 0.562. The van der Waals surface area contributed by atoms with Crippen LogP contribution in [0.1, 0.15) is 18.4 Å². The van der Waals surface area contributed by atoms with Crippen LogP contribution < -0.4 is 0 Å². The van der Waals surface area contributed by atoms with Crippen LogP contribution >= 0.6 is 11.3 Å². The Kier molecular flexibility index (Phi) is 4.95. The maximum absolute atomic E-state index is 12.2. The smallest absolute Gasteiger partial charge is 0.242 e. The van der Waals surface area contributed by atoms with Crippen LogP contribution in [-0.2, 0) is 20.8 Å². The van der Waals surface area contributed by atoms with Crippen LogP contribution in [0.3, 0.4) is 0 Å². The minimum absolute atomic E-state index is 0.0221. The van der Waals surface area contributed by atoms with E-state index < -0.39 is 0 Å².